The van der Waals surface area contributed by atoms with Gasteiger partial charge in [-0.15, -0.1) is 0 Å². The number of anilines is 1. The second-order valence-corrected chi connectivity index (χ2v) is 12.5. The fraction of sp³-hybridized carbons (Fsp3) is 0.400. The summed E-state index contributed by atoms with van der Waals surface area (Å²) in [6.45, 7) is 0.635. The van der Waals surface area contributed by atoms with Crippen LogP contribution in [0.5, 0.6) is 5.75 Å². The molecule has 0 aliphatic carbocycles. The van der Waals surface area contributed by atoms with Crippen molar-refractivity contribution in [1.82, 2.24) is 18.9 Å². The second-order valence-electron chi connectivity index (χ2n) is 10.7. The molecule has 2 aliphatic heterocycles. The molecule has 12 nitrogen and oxygen atoms in total. The van der Waals surface area contributed by atoms with Crippen LogP contribution in [-0.2, 0) is 39.1 Å². The molecule has 1 fully saturated rings. The highest BCUT2D eigenvalue weighted by molar-refractivity contribution is 7.74. The number of carbonyl (C=O) groups excluding carboxylic acids is 2. The third-order valence-corrected chi connectivity index (χ3v) is 9.50. The highest BCUT2D eigenvalue weighted by Gasteiger charge is 2.32. The lowest BCUT2D eigenvalue weighted by molar-refractivity contribution is -0.133. The lowest BCUT2D eigenvalue weighted by Gasteiger charge is -2.38. The van der Waals surface area contributed by atoms with E-state index in [1.54, 1.807) is 23.0 Å². The van der Waals surface area contributed by atoms with Crippen LogP contribution in [0, 0.1) is 5.82 Å². The number of nitrogens with one attached hydrogen (secondary N) is 1. The topological polar surface area (TPSA) is 135 Å². The van der Waals surface area contributed by atoms with Crippen LogP contribution in [0.25, 0.3) is 11.1 Å². The Morgan fingerprint density at radius 3 is 2.60 bits per heavy atom. The molecule has 2 aromatic carbocycles. The molecule has 0 atom stereocenters. The molecule has 0 spiro atoms. The van der Waals surface area contributed by atoms with Gasteiger partial charge < -0.3 is 28.4 Å². The van der Waals surface area contributed by atoms with Gasteiger partial charge in [-0.1, -0.05) is 29.5 Å². The summed E-state index contributed by atoms with van der Waals surface area (Å²) in [7, 11) is 1.32. The van der Waals surface area contributed by atoms with Crippen LogP contribution in [0.3, 0.4) is 0 Å². The van der Waals surface area contributed by atoms with Gasteiger partial charge in [0.05, 0.1) is 17.7 Å². The molecule has 240 valence electrons. The molecule has 5 rings (SSSR count). The number of ether oxygens (including phenoxy) is 1. The first-order valence-corrected chi connectivity index (χ1v) is 16.1. The number of likely N-dealkylation sites (tertiary alicyclic amines) is 1. The minimum Gasteiger partial charge on any atom is -0.497 e. The highest BCUT2D eigenvalue weighted by atomic mass is 35.5. The number of carbonyl (C=O) groups is 2. The van der Waals surface area contributed by atoms with E-state index in [0.717, 1.165) is 32.2 Å². The van der Waals surface area contributed by atoms with E-state index in [1.807, 2.05) is 12.1 Å². The average Bonchev–Trinajstić information content (AvgIpc) is 3.21. The first-order valence-electron chi connectivity index (χ1n) is 14.4. The predicted octanol–water partition coefficient (Wildman–Crippen LogP) is 3.34. The summed E-state index contributed by atoms with van der Waals surface area (Å²) in [5.41, 5.74) is 0.202. The van der Waals surface area contributed by atoms with E-state index in [9.17, 15) is 27.8 Å². The number of piperidine rings is 1. The van der Waals surface area contributed by atoms with Gasteiger partial charge in [0.25, 0.3) is 5.56 Å². The SMILES string of the molecule is CN=[S-](=O)CCn1c(=O)c(-c2cccc(F)c2Cl)cn(CC(=O)N2CCC(N3CCc4cc(OC)ccc4NC3=O)CC2)c1=O. The summed E-state index contributed by atoms with van der Waals surface area (Å²) >= 11 is 6.17. The van der Waals surface area contributed by atoms with Gasteiger partial charge in [-0.3, -0.25) is 18.7 Å². The number of fused-ring (bicyclic) bond motifs is 1. The van der Waals surface area contributed by atoms with Crippen molar-refractivity contribution < 1.29 is 22.9 Å². The van der Waals surface area contributed by atoms with Crippen LogP contribution < -0.4 is 21.3 Å². The second kappa shape index (κ2) is 13.9. The number of hydrogen-bond donors (Lipinski definition) is 1. The van der Waals surface area contributed by atoms with Crippen LogP contribution in [0.2, 0.25) is 5.02 Å². The fourth-order valence-corrected chi connectivity index (χ4v) is 6.45. The van der Waals surface area contributed by atoms with Crippen molar-refractivity contribution in [1.29, 1.82) is 0 Å². The highest BCUT2D eigenvalue weighted by Crippen LogP contribution is 2.29. The minimum atomic E-state index is -1.63. The quantitative estimate of drug-likeness (QED) is 0.369. The molecule has 3 heterocycles. The van der Waals surface area contributed by atoms with Crippen molar-refractivity contribution in [2.24, 2.45) is 4.36 Å². The predicted molar refractivity (Wildman–Crippen MR) is 169 cm³/mol. The fourth-order valence-electron chi connectivity index (χ4n) is 5.70. The molecule has 3 aromatic rings. The average molecular weight is 660 g/mol. The molecule has 0 saturated carbocycles. The molecule has 0 bridgehead atoms. The van der Waals surface area contributed by atoms with Gasteiger partial charge >= 0.3 is 11.7 Å². The molecule has 0 unspecified atom stereocenters. The van der Waals surface area contributed by atoms with E-state index in [0.29, 0.717) is 38.9 Å². The maximum Gasteiger partial charge on any atom is 0.331 e. The first kappa shape index (κ1) is 32.2. The van der Waals surface area contributed by atoms with Crippen LogP contribution in [0.15, 0.2) is 56.5 Å². The van der Waals surface area contributed by atoms with Crippen LogP contribution in [0.4, 0.5) is 14.9 Å². The Labute approximate surface area is 265 Å². The minimum absolute atomic E-state index is 0.0649. The molecule has 1 N–H and O–H groups in total. The third-order valence-electron chi connectivity index (χ3n) is 8.17. The Morgan fingerprint density at radius 1 is 1.13 bits per heavy atom. The molecule has 1 aromatic heterocycles. The maximum absolute atomic E-state index is 14.3. The van der Waals surface area contributed by atoms with Crippen molar-refractivity contribution in [2.75, 3.05) is 44.9 Å². The van der Waals surface area contributed by atoms with E-state index >= 15 is 0 Å². The largest absolute Gasteiger partial charge is 0.497 e. The summed E-state index contributed by atoms with van der Waals surface area (Å²) in [6.07, 6.45) is 2.95. The number of urea groups is 1. The summed E-state index contributed by atoms with van der Waals surface area (Å²) in [5.74, 6) is -0.486. The van der Waals surface area contributed by atoms with E-state index < -0.39 is 27.7 Å². The van der Waals surface area contributed by atoms with Gasteiger partial charge in [0.15, 0.2) is 0 Å². The maximum atomic E-state index is 14.3. The third kappa shape index (κ3) is 6.91. The number of amides is 3. The van der Waals surface area contributed by atoms with Crippen molar-refractivity contribution in [3.05, 3.63) is 79.8 Å². The van der Waals surface area contributed by atoms with Crippen LogP contribution >= 0.6 is 11.6 Å². The Hall–Kier alpha value is -4.17. The Morgan fingerprint density at radius 2 is 1.89 bits per heavy atom. The van der Waals surface area contributed by atoms with E-state index in [1.165, 1.54) is 25.4 Å². The molecule has 1 saturated heterocycles. The molecule has 0 radical (unpaired) electrons. The first-order chi connectivity index (χ1) is 21.6. The zero-order valence-electron chi connectivity index (χ0n) is 24.8. The molecule has 45 heavy (non-hydrogen) atoms. The van der Waals surface area contributed by atoms with Crippen molar-refractivity contribution in [3.63, 3.8) is 0 Å². The van der Waals surface area contributed by atoms with Crippen LogP contribution in [-0.4, -0.2) is 76.5 Å². The van der Waals surface area contributed by atoms with E-state index in [2.05, 4.69) is 9.68 Å². The zero-order chi connectivity index (χ0) is 32.2. The number of hydrogen-bond acceptors (Lipinski definition) is 8. The van der Waals surface area contributed by atoms with E-state index in [4.69, 9.17) is 16.3 Å². The number of methoxy groups -OCH3 is 1. The lowest BCUT2D eigenvalue weighted by Crippen LogP contribution is -2.51. The molecular weight excluding hydrogens is 627 g/mol. The number of halogens is 2. The standard InChI is InChI=1S/C30H33ClFN6O6S/c1-33-45(43)15-14-38-28(40)23(22-4-3-5-24(32)27(22)31)17-36(30(38)42)18-26(39)35-11-9-20(10-12-35)37-13-8-19-16-21(44-2)6-7-25(19)34-29(37)41/h3-7,16-17,20H,8-15,18H2,1-2H3,(H,34,41)/q-1. The summed E-state index contributed by atoms with van der Waals surface area (Å²) < 4.78 is 37.2. The smallest absolute Gasteiger partial charge is 0.331 e. The Balaban J connectivity index is 1.32. The normalized spacial score (nSPS) is 16.2. The molecular formula is C30H33ClFN6O6S-. The van der Waals surface area contributed by atoms with Crippen molar-refractivity contribution >= 4 is 39.8 Å². The van der Waals surface area contributed by atoms with Gasteiger partial charge in [0.2, 0.25) is 5.91 Å². The van der Waals surface area contributed by atoms with Crippen molar-refractivity contribution in [2.45, 2.75) is 38.4 Å². The molecule has 3 amide bonds. The van der Waals surface area contributed by atoms with E-state index in [-0.39, 0.29) is 53.0 Å². The summed E-state index contributed by atoms with van der Waals surface area (Å²) in [6, 6.07) is 9.24. The van der Waals surface area contributed by atoms with Gasteiger partial charge in [0, 0.05) is 56.7 Å². The number of benzene rings is 2. The van der Waals surface area contributed by atoms with Gasteiger partial charge in [-0.2, -0.15) is 10.6 Å². The molecule has 2 aliphatic rings. The number of rotatable bonds is 8. The van der Waals surface area contributed by atoms with Crippen LogP contribution in [0.1, 0.15) is 18.4 Å². The Bertz CT molecular complexity index is 1830. The lowest BCUT2D eigenvalue weighted by atomic mass is 10.0. The van der Waals surface area contributed by atoms with Gasteiger partial charge in [-0.05, 0) is 49.1 Å². The van der Waals surface area contributed by atoms with Gasteiger partial charge in [-0.25, -0.2) is 14.0 Å². The Kier molecular flexibility index (Phi) is 9.93. The summed E-state index contributed by atoms with van der Waals surface area (Å²) in [5, 5.41) is 2.68. The zero-order valence-corrected chi connectivity index (χ0v) is 26.4. The number of aromatic nitrogens is 2. The number of nitrogens with zero attached hydrogens (tertiary/aromatic N) is 5. The summed E-state index contributed by atoms with van der Waals surface area (Å²) in [4.78, 5) is 56.6. The molecule has 15 heteroatoms. The van der Waals surface area contributed by atoms with Crippen molar-refractivity contribution in [3.8, 4) is 16.9 Å². The van der Waals surface area contributed by atoms with Gasteiger partial charge in [0.1, 0.15) is 18.1 Å². The monoisotopic (exact) mass is 659 g/mol.